The molecule has 0 spiro atoms. The maximum Gasteiger partial charge on any atom is 0.401 e. The summed E-state index contributed by atoms with van der Waals surface area (Å²) in [5.41, 5.74) is -0.371. The highest BCUT2D eigenvalue weighted by atomic mass is 35.5. The van der Waals surface area contributed by atoms with Gasteiger partial charge in [-0.2, -0.15) is 13.2 Å². The molecule has 2 rings (SSSR count). The zero-order valence-electron chi connectivity index (χ0n) is 12.5. The largest absolute Gasteiger partial charge is 0.401 e. The van der Waals surface area contributed by atoms with Gasteiger partial charge in [0, 0.05) is 19.6 Å². The number of carbonyl (C=O) groups is 1. The van der Waals surface area contributed by atoms with Gasteiger partial charge >= 0.3 is 6.18 Å². The third-order valence-corrected chi connectivity index (χ3v) is 4.24. The summed E-state index contributed by atoms with van der Waals surface area (Å²) in [6.45, 7) is 3.93. The van der Waals surface area contributed by atoms with Gasteiger partial charge in [0.05, 0.1) is 12.0 Å². The molecule has 132 valence electrons. The quantitative estimate of drug-likeness (QED) is 0.798. The first-order valence-electron chi connectivity index (χ1n) is 7.07. The van der Waals surface area contributed by atoms with Crippen LogP contribution in [-0.4, -0.2) is 56.3 Å². The minimum atomic E-state index is -4.14. The van der Waals surface area contributed by atoms with Crippen LogP contribution in [0.4, 0.5) is 13.2 Å². The van der Waals surface area contributed by atoms with Gasteiger partial charge in [0.15, 0.2) is 0 Å². The van der Waals surface area contributed by atoms with Gasteiger partial charge in [-0.1, -0.05) is 0 Å². The number of rotatable bonds is 4. The number of nitrogens with one attached hydrogen (secondary N) is 2. The van der Waals surface area contributed by atoms with E-state index in [-0.39, 0.29) is 42.1 Å². The van der Waals surface area contributed by atoms with Gasteiger partial charge in [-0.25, -0.2) is 0 Å². The van der Waals surface area contributed by atoms with E-state index in [1.54, 1.807) is 0 Å². The van der Waals surface area contributed by atoms with Crippen molar-refractivity contribution in [3.63, 3.8) is 0 Å². The van der Waals surface area contributed by atoms with Crippen LogP contribution < -0.4 is 10.6 Å². The summed E-state index contributed by atoms with van der Waals surface area (Å²) in [6, 6.07) is 0. The van der Waals surface area contributed by atoms with Crippen molar-refractivity contribution in [3.05, 3.63) is 0 Å². The topological polar surface area (TPSA) is 44.4 Å². The maximum absolute atomic E-state index is 12.3. The van der Waals surface area contributed by atoms with Gasteiger partial charge in [0.1, 0.15) is 0 Å². The van der Waals surface area contributed by atoms with Crippen LogP contribution in [-0.2, 0) is 4.79 Å². The Balaban J connectivity index is 0.00000220. The lowest BCUT2D eigenvalue weighted by Crippen LogP contribution is -2.42. The highest BCUT2D eigenvalue weighted by Crippen LogP contribution is 2.25. The molecule has 2 heterocycles. The third-order valence-electron chi connectivity index (χ3n) is 4.24. The third kappa shape index (κ3) is 6.10. The predicted molar refractivity (Wildman–Crippen MR) is 83.7 cm³/mol. The average molecular weight is 366 g/mol. The minimum Gasteiger partial charge on any atom is -0.355 e. The second-order valence-corrected chi connectivity index (χ2v) is 6.20. The molecule has 0 aromatic heterocycles. The predicted octanol–water partition coefficient (Wildman–Crippen LogP) is 1.83. The van der Waals surface area contributed by atoms with Gasteiger partial charge in [-0.15, -0.1) is 24.8 Å². The summed E-state index contributed by atoms with van der Waals surface area (Å²) in [7, 11) is 0. The van der Waals surface area contributed by atoms with E-state index in [0.717, 1.165) is 13.0 Å². The first kappa shape index (κ1) is 21.8. The number of likely N-dealkylation sites (tertiary alicyclic amines) is 1. The van der Waals surface area contributed by atoms with E-state index in [1.165, 1.54) is 4.90 Å². The Kier molecular flexibility index (Phi) is 8.47. The SMILES string of the molecule is CC1(C(=O)NCC2CCN(CC(F)(F)F)C2)CCNC1.Cl.Cl. The number of halogens is 5. The van der Waals surface area contributed by atoms with Crippen molar-refractivity contribution < 1.29 is 18.0 Å². The summed E-state index contributed by atoms with van der Waals surface area (Å²) < 4.78 is 36.9. The van der Waals surface area contributed by atoms with E-state index in [9.17, 15) is 18.0 Å². The number of hydrogen-bond acceptors (Lipinski definition) is 3. The number of nitrogens with zero attached hydrogens (tertiary/aromatic N) is 1. The van der Waals surface area contributed by atoms with Crippen molar-refractivity contribution in [2.75, 3.05) is 39.3 Å². The number of carbonyl (C=O) groups excluding carboxylic acids is 1. The Labute approximate surface area is 141 Å². The summed E-state index contributed by atoms with van der Waals surface area (Å²) >= 11 is 0. The van der Waals surface area contributed by atoms with Crippen LogP contribution in [0.2, 0.25) is 0 Å². The molecule has 2 saturated heterocycles. The lowest BCUT2D eigenvalue weighted by atomic mass is 9.88. The van der Waals surface area contributed by atoms with Crippen LogP contribution in [0.15, 0.2) is 0 Å². The van der Waals surface area contributed by atoms with Gasteiger partial charge < -0.3 is 10.6 Å². The molecule has 0 bridgehead atoms. The normalized spacial score (nSPS) is 28.8. The molecule has 0 saturated carbocycles. The molecule has 2 atom stereocenters. The van der Waals surface area contributed by atoms with Gasteiger partial charge in [0.25, 0.3) is 0 Å². The standard InChI is InChI=1S/C13H22F3N3O.2ClH/c1-12(3-4-17-8-12)11(20)18-6-10-2-5-19(7-10)9-13(14,15)16;;/h10,17H,2-9H2,1H3,(H,18,20);2*1H. The average Bonchev–Trinajstić information content (AvgIpc) is 2.94. The van der Waals surface area contributed by atoms with Crippen LogP contribution >= 0.6 is 24.8 Å². The van der Waals surface area contributed by atoms with Crippen molar-refractivity contribution in [2.45, 2.75) is 25.9 Å². The first-order valence-corrected chi connectivity index (χ1v) is 7.07. The summed E-state index contributed by atoms with van der Waals surface area (Å²) in [5, 5.41) is 6.06. The van der Waals surface area contributed by atoms with E-state index < -0.39 is 12.7 Å². The molecular weight excluding hydrogens is 342 g/mol. The van der Waals surface area contributed by atoms with Gasteiger partial charge in [0.2, 0.25) is 5.91 Å². The molecule has 0 radical (unpaired) electrons. The highest BCUT2D eigenvalue weighted by Gasteiger charge is 2.37. The Morgan fingerprint density at radius 3 is 2.64 bits per heavy atom. The van der Waals surface area contributed by atoms with E-state index in [0.29, 0.717) is 32.6 Å². The molecule has 0 aromatic rings. The maximum atomic E-state index is 12.3. The molecule has 2 aliphatic rings. The molecule has 1 amide bonds. The Bertz CT molecular complexity index is 363. The van der Waals surface area contributed by atoms with Crippen molar-refractivity contribution in [1.82, 2.24) is 15.5 Å². The van der Waals surface area contributed by atoms with Crippen LogP contribution in [0.1, 0.15) is 19.8 Å². The molecule has 0 aromatic carbocycles. The van der Waals surface area contributed by atoms with Crippen LogP contribution in [0, 0.1) is 11.3 Å². The molecule has 4 nitrogen and oxygen atoms in total. The van der Waals surface area contributed by atoms with Crippen LogP contribution in [0.3, 0.4) is 0 Å². The second kappa shape index (κ2) is 8.57. The lowest BCUT2D eigenvalue weighted by molar-refractivity contribution is -0.143. The van der Waals surface area contributed by atoms with Gasteiger partial charge in [-0.05, 0) is 38.8 Å². The monoisotopic (exact) mass is 365 g/mol. The van der Waals surface area contributed by atoms with Crippen molar-refractivity contribution in [1.29, 1.82) is 0 Å². The zero-order valence-corrected chi connectivity index (χ0v) is 14.2. The van der Waals surface area contributed by atoms with Crippen LogP contribution in [0.25, 0.3) is 0 Å². The fraction of sp³-hybridized carbons (Fsp3) is 0.923. The van der Waals surface area contributed by atoms with Crippen molar-refractivity contribution in [3.8, 4) is 0 Å². The van der Waals surface area contributed by atoms with Crippen molar-refractivity contribution >= 4 is 30.7 Å². The molecule has 9 heteroatoms. The Morgan fingerprint density at radius 1 is 1.41 bits per heavy atom. The number of alkyl halides is 3. The fourth-order valence-electron chi connectivity index (χ4n) is 2.94. The van der Waals surface area contributed by atoms with Gasteiger partial charge in [-0.3, -0.25) is 9.69 Å². The minimum absolute atomic E-state index is 0. The summed E-state index contributed by atoms with van der Waals surface area (Å²) in [4.78, 5) is 13.5. The summed E-state index contributed by atoms with van der Waals surface area (Å²) in [5.74, 6) is 0.135. The molecule has 2 aliphatic heterocycles. The Morgan fingerprint density at radius 2 is 2.09 bits per heavy atom. The molecule has 0 aliphatic carbocycles. The summed E-state index contributed by atoms with van der Waals surface area (Å²) in [6.07, 6.45) is -2.61. The van der Waals surface area contributed by atoms with E-state index in [1.807, 2.05) is 6.92 Å². The first-order chi connectivity index (χ1) is 9.28. The molecule has 2 unspecified atom stereocenters. The molecule has 2 N–H and O–H groups in total. The molecule has 2 fully saturated rings. The number of hydrogen-bond donors (Lipinski definition) is 2. The fourth-order valence-corrected chi connectivity index (χ4v) is 2.94. The van der Waals surface area contributed by atoms with E-state index >= 15 is 0 Å². The zero-order chi connectivity index (χ0) is 14.8. The van der Waals surface area contributed by atoms with Crippen LogP contribution in [0.5, 0.6) is 0 Å². The molecule has 22 heavy (non-hydrogen) atoms. The number of amides is 1. The Hall–Kier alpha value is -0.240. The molecular formula is C13H24Cl2F3N3O. The second-order valence-electron chi connectivity index (χ2n) is 6.20. The van der Waals surface area contributed by atoms with Crippen molar-refractivity contribution in [2.24, 2.45) is 11.3 Å². The van der Waals surface area contributed by atoms with E-state index in [4.69, 9.17) is 0 Å². The van der Waals surface area contributed by atoms with E-state index in [2.05, 4.69) is 10.6 Å². The smallest absolute Gasteiger partial charge is 0.355 e. The highest BCUT2D eigenvalue weighted by molar-refractivity contribution is 5.85. The lowest BCUT2D eigenvalue weighted by Gasteiger charge is -2.23.